The molecule has 0 unspecified atom stereocenters. The van der Waals surface area contributed by atoms with Crippen LogP contribution in [0.25, 0.3) is 0 Å². The van der Waals surface area contributed by atoms with E-state index in [0.29, 0.717) is 0 Å². The lowest BCUT2D eigenvalue weighted by molar-refractivity contribution is 0.437. The molecule has 1 aromatic carbocycles. The minimum Gasteiger partial charge on any atom is -0.309 e. The highest BCUT2D eigenvalue weighted by Gasteiger charge is 2.04. The summed E-state index contributed by atoms with van der Waals surface area (Å²) in [6, 6.07) is 10.3. The Hall–Kier alpha value is -1.33. The Morgan fingerprint density at radius 2 is 2.00 bits per heavy atom. The Bertz CT molecular complexity index is 467. The Morgan fingerprint density at radius 3 is 2.72 bits per heavy atom. The van der Waals surface area contributed by atoms with Crippen molar-refractivity contribution < 1.29 is 0 Å². The number of nitrogens with zero attached hydrogens (tertiary/aromatic N) is 3. The molecule has 18 heavy (non-hydrogen) atoms. The molecule has 0 fully saturated rings. The maximum absolute atomic E-state index is 4.48. The van der Waals surface area contributed by atoms with Crippen LogP contribution >= 0.6 is 11.8 Å². The molecule has 0 spiro atoms. The number of aromatic amines is 1. The van der Waals surface area contributed by atoms with Crippen molar-refractivity contribution in [3.8, 4) is 0 Å². The van der Waals surface area contributed by atoms with Gasteiger partial charge in [0.25, 0.3) is 0 Å². The summed E-state index contributed by atoms with van der Waals surface area (Å²) in [6.07, 6.45) is 0.808. The molecule has 5 heteroatoms. The molecular formula is C13H18N4S. The lowest BCUT2D eigenvalue weighted by atomic mass is 10.1. The molecule has 2 aromatic rings. The van der Waals surface area contributed by atoms with Gasteiger partial charge in [-0.25, -0.2) is 4.98 Å². The van der Waals surface area contributed by atoms with Gasteiger partial charge in [0.1, 0.15) is 5.82 Å². The van der Waals surface area contributed by atoms with Gasteiger partial charge in [-0.3, -0.25) is 5.10 Å². The number of nitrogens with one attached hydrogen (secondary N) is 1. The van der Waals surface area contributed by atoms with E-state index < -0.39 is 0 Å². The first-order valence-electron chi connectivity index (χ1n) is 5.97. The molecule has 0 bridgehead atoms. The molecule has 0 radical (unpaired) electrons. The topological polar surface area (TPSA) is 44.8 Å². The molecular weight excluding hydrogens is 244 g/mol. The highest BCUT2D eigenvalue weighted by atomic mass is 32.2. The Balaban J connectivity index is 1.86. The van der Waals surface area contributed by atoms with Gasteiger partial charge in [0.05, 0.1) is 0 Å². The van der Waals surface area contributed by atoms with Crippen LogP contribution in [0.2, 0.25) is 0 Å². The Labute approximate surface area is 112 Å². The second kappa shape index (κ2) is 6.56. The molecule has 1 heterocycles. The summed E-state index contributed by atoms with van der Waals surface area (Å²) in [5.41, 5.74) is 1.25. The van der Waals surface area contributed by atoms with Crippen molar-refractivity contribution in [3.63, 3.8) is 0 Å². The van der Waals surface area contributed by atoms with Crippen LogP contribution in [0.5, 0.6) is 0 Å². The smallest absolute Gasteiger partial charge is 0.208 e. The summed E-state index contributed by atoms with van der Waals surface area (Å²) in [7, 11) is 4.14. The van der Waals surface area contributed by atoms with E-state index >= 15 is 0 Å². The van der Waals surface area contributed by atoms with Crippen LogP contribution in [-0.2, 0) is 6.42 Å². The van der Waals surface area contributed by atoms with Gasteiger partial charge in [-0.05, 0) is 19.7 Å². The fourth-order valence-electron chi connectivity index (χ4n) is 1.53. The van der Waals surface area contributed by atoms with Crippen LogP contribution in [-0.4, -0.2) is 46.5 Å². The molecule has 0 amide bonds. The van der Waals surface area contributed by atoms with E-state index in [0.717, 1.165) is 29.7 Å². The monoisotopic (exact) mass is 262 g/mol. The van der Waals surface area contributed by atoms with Gasteiger partial charge in [0.15, 0.2) is 0 Å². The minimum absolute atomic E-state index is 0.808. The molecule has 1 N–H and O–H groups in total. The van der Waals surface area contributed by atoms with Crippen molar-refractivity contribution in [2.45, 2.75) is 11.6 Å². The lowest BCUT2D eigenvalue weighted by Gasteiger charge is -2.06. The van der Waals surface area contributed by atoms with Gasteiger partial charge in [-0.1, -0.05) is 42.1 Å². The van der Waals surface area contributed by atoms with Gasteiger partial charge in [-0.2, -0.15) is 0 Å². The molecule has 0 atom stereocenters. The zero-order chi connectivity index (χ0) is 12.8. The maximum atomic E-state index is 4.48. The SMILES string of the molecule is CN(C)CCSc1n[nH]c(Cc2ccccc2)n1. The summed E-state index contributed by atoms with van der Waals surface area (Å²) in [6.45, 7) is 1.03. The van der Waals surface area contributed by atoms with E-state index in [1.165, 1.54) is 5.56 Å². The summed E-state index contributed by atoms with van der Waals surface area (Å²) in [4.78, 5) is 6.64. The summed E-state index contributed by atoms with van der Waals surface area (Å²) in [5.74, 6) is 1.93. The predicted octanol–water partition coefficient (Wildman–Crippen LogP) is 2.05. The third kappa shape index (κ3) is 4.16. The van der Waals surface area contributed by atoms with Crippen LogP contribution in [0.4, 0.5) is 0 Å². The number of H-pyrrole nitrogens is 1. The summed E-state index contributed by atoms with van der Waals surface area (Å²) < 4.78 is 0. The van der Waals surface area contributed by atoms with Gasteiger partial charge in [0, 0.05) is 18.7 Å². The number of thioether (sulfide) groups is 1. The average Bonchev–Trinajstić information content (AvgIpc) is 2.78. The van der Waals surface area contributed by atoms with Gasteiger partial charge in [0.2, 0.25) is 5.16 Å². The Morgan fingerprint density at radius 1 is 1.22 bits per heavy atom. The van der Waals surface area contributed by atoms with E-state index in [-0.39, 0.29) is 0 Å². The fourth-order valence-corrected chi connectivity index (χ4v) is 2.45. The number of hydrogen-bond donors (Lipinski definition) is 1. The summed E-state index contributed by atoms with van der Waals surface area (Å²) >= 11 is 1.69. The molecule has 96 valence electrons. The molecule has 0 saturated carbocycles. The average molecular weight is 262 g/mol. The van der Waals surface area contributed by atoms with Crippen molar-refractivity contribution in [2.75, 3.05) is 26.4 Å². The van der Waals surface area contributed by atoms with Crippen LogP contribution in [0, 0.1) is 0 Å². The second-order valence-electron chi connectivity index (χ2n) is 4.38. The zero-order valence-corrected chi connectivity index (χ0v) is 11.6. The molecule has 2 rings (SSSR count). The molecule has 0 aliphatic rings. The predicted molar refractivity (Wildman–Crippen MR) is 74.9 cm³/mol. The van der Waals surface area contributed by atoms with E-state index in [2.05, 4.69) is 46.3 Å². The first-order valence-corrected chi connectivity index (χ1v) is 6.95. The molecule has 0 saturated heterocycles. The van der Waals surface area contributed by atoms with Crippen LogP contribution in [0.1, 0.15) is 11.4 Å². The standard InChI is InChI=1S/C13H18N4S/c1-17(2)8-9-18-13-14-12(15-16-13)10-11-6-4-3-5-7-11/h3-7H,8-10H2,1-2H3,(H,14,15,16). The highest BCUT2D eigenvalue weighted by Crippen LogP contribution is 2.13. The first kappa shape index (κ1) is 13.1. The van der Waals surface area contributed by atoms with Crippen molar-refractivity contribution in [1.82, 2.24) is 20.1 Å². The van der Waals surface area contributed by atoms with E-state index in [4.69, 9.17) is 0 Å². The van der Waals surface area contributed by atoms with Crippen LogP contribution < -0.4 is 0 Å². The number of rotatable bonds is 6. The number of benzene rings is 1. The number of aromatic nitrogens is 3. The van der Waals surface area contributed by atoms with Crippen molar-refractivity contribution in [3.05, 3.63) is 41.7 Å². The lowest BCUT2D eigenvalue weighted by Crippen LogP contribution is -2.14. The van der Waals surface area contributed by atoms with E-state index in [9.17, 15) is 0 Å². The van der Waals surface area contributed by atoms with E-state index in [1.54, 1.807) is 11.8 Å². The van der Waals surface area contributed by atoms with Crippen molar-refractivity contribution in [1.29, 1.82) is 0 Å². The van der Waals surface area contributed by atoms with Crippen molar-refractivity contribution >= 4 is 11.8 Å². The Kier molecular flexibility index (Phi) is 4.78. The van der Waals surface area contributed by atoms with Gasteiger partial charge in [-0.15, -0.1) is 5.10 Å². The molecule has 0 aliphatic heterocycles. The van der Waals surface area contributed by atoms with Gasteiger partial charge < -0.3 is 4.90 Å². The third-order valence-corrected chi connectivity index (χ3v) is 3.32. The zero-order valence-electron chi connectivity index (χ0n) is 10.8. The van der Waals surface area contributed by atoms with Crippen LogP contribution in [0.15, 0.2) is 35.5 Å². The maximum Gasteiger partial charge on any atom is 0.208 e. The molecule has 0 aliphatic carbocycles. The number of hydrogen-bond acceptors (Lipinski definition) is 4. The van der Waals surface area contributed by atoms with E-state index in [1.807, 2.05) is 18.2 Å². The second-order valence-corrected chi connectivity index (χ2v) is 5.44. The molecule has 1 aromatic heterocycles. The largest absolute Gasteiger partial charge is 0.309 e. The normalized spacial score (nSPS) is 11.1. The third-order valence-electron chi connectivity index (χ3n) is 2.50. The first-order chi connectivity index (χ1) is 8.74. The molecule has 4 nitrogen and oxygen atoms in total. The van der Waals surface area contributed by atoms with Crippen LogP contribution in [0.3, 0.4) is 0 Å². The van der Waals surface area contributed by atoms with Crippen molar-refractivity contribution in [2.24, 2.45) is 0 Å². The quantitative estimate of drug-likeness (QED) is 0.809. The van der Waals surface area contributed by atoms with Gasteiger partial charge >= 0.3 is 0 Å². The fraction of sp³-hybridized carbons (Fsp3) is 0.385. The highest BCUT2D eigenvalue weighted by molar-refractivity contribution is 7.99. The summed E-state index contributed by atoms with van der Waals surface area (Å²) in [5, 5.41) is 8.05. The minimum atomic E-state index is 0.808.